The van der Waals surface area contributed by atoms with Crippen molar-refractivity contribution >= 4 is 11.6 Å². The van der Waals surface area contributed by atoms with Crippen molar-refractivity contribution in [2.24, 2.45) is 0 Å². The maximum atomic E-state index is 9.87. The van der Waals surface area contributed by atoms with Gasteiger partial charge in [0, 0.05) is 11.1 Å². The van der Waals surface area contributed by atoms with E-state index in [0.717, 1.165) is 12.0 Å². The molecule has 4 nitrogen and oxygen atoms in total. The van der Waals surface area contributed by atoms with Gasteiger partial charge in [-0.2, -0.15) is 0 Å². The standard InChI is InChI=1S/C15H21ClO4/c1-3-10(6-13(18)9(2)17)11-7-14-15(8-12(11)16)20-5-4-19-14/h7-10,13,17-18H,3-6H2,1-2H3. The number of aliphatic hydroxyl groups is 2. The Morgan fingerprint density at radius 1 is 1.20 bits per heavy atom. The summed E-state index contributed by atoms with van der Waals surface area (Å²) in [5.41, 5.74) is 0.929. The monoisotopic (exact) mass is 300 g/mol. The topological polar surface area (TPSA) is 58.9 Å². The van der Waals surface area contributed by atoms with Crippen LogP contribution in [0.5, 0.6) is 11.5 Å². The third-order valence-electron chi connectivity index (χ3n) is 3.68. The zero-order valence-corrected chi connectivity index (χ0v) is 12.6. The SMILES string of the molecule is CCC(CC(O)C(C)O)c1cc2c(cc1Cl)OCCO2. The van der Waals surface area contributed by atoms with Gasteiger partial charge in [-0.05, 0) is 37.3 Å². The van der Waals surface area contributed by atoms with E-state index in [2.05, 4.69) is 0 Å². The molecule has 0 spiro atoms. The first-order valence-corrected chi connectivity index (χ1v) is 7.35. The van der Waals surface area contributed by atoms with Gasteiger partial charge >= 0.3 is 0 Å². The minimum absolute atomic E-state index is 0.0722. The highest BCUT2D eigenvalue weighted by molar-refractivity contribution is 6.31. The van der Waals surface area contributed by atoms with Crippen LogP contribution in [-0.4, -0.2) is 35.6 Å². The molecule has 112 valence electrons. The normalized spacial score (nSPS) is 18.4. The van der Waals surface area contributed by atoms with E-state index < -0.39 is 12.2 Å². The summed E-state index contributed by atoms with van der Waals surface area (Å²) in [6.45, 7) is 4.68. The highest BCUT2D eigenvalue weighted by Crippen LogP contribution is 2.40. The minimum Gasteiger partial charge on any atom is -0.486 e. The van der Waals surface area contributed by atoms with E-state index in [4.69, 9.17) is 21.1 Å². The van der Waals surface area contributed by atoms with Gasteiger partial charge in [0.2, 0.25) is 0 Å². The molecule has 0 aromatic heterocycles. The molecule has 2 rings (SSSR count). The molecule has 20 heavy (non-hydrogen) atoms. The number of rotatable bonds is 5. The second-order valence-electron chi connectivity index (χ2n) is 5.17. The third kappa shape index (κ3) is 3.37. The molecule has 1 aromatic carbocycles. The van der Waals surface area contributed by atoms with Gasteiger partial charge in [-0.25, -0.2) is 0 Å². The lowest BCUT2D eigenvalue weighted by molar-refractivity contribution is 0.0215. The van der Waals surface area contributed by atoms with Gasteiger partial charge < -0.3 is 19.7 Å². The van der Waals surface area contributed by atoms with Gasteiger partial charge in [-0.15, -0.1) is 0 Å². The lowest BCUT2D eigenvalue weighted by Crippen LogP contribution is -2.25. The van der Waals surface area contributed by atoms with Gasteiger partial charge in [0.1, 0.15) is 13.2 Å². The molecule has 3 unspecified atom stereocenters. The number of hydrogen-bond donors (Lipinski definition) is 2. The molecule has 1 aliphatic heterocycles. The van der Waals surface area contributed by atoms with Crippen LogP contribution >= 0.6 is 11.6 Å². The predicted molar refractivity (Wildman–Crippen MR) is 77.8 cm³/mol. The molecule has 5 heteroatoms. The van der Waals surface area contributed by atoms with E-state index in [1.807, 2.05) is 13.0 Å². The van der Waals surface area contributed by atoms with E-state index in [9.17, 15) is 10.2 Å². The van der Waals surface area contributed by atoms with Gasteiger partial charge in [0.05, 0.1) is 12.2 Å². The van der Waals surface area contributed by atoms with Crippen molar-refractivity contribution in [1.82, 2.24) is 0 Å². The summed E-state index contributed by atoms with van der Waals surface area (Å²) in [5.74, 6) is 1.43. The van der Waals surface area contributed by atoms with Crippen LogP contribution in [-0.2, 0) is 0 Å². The third-order valence-corrected chi connectivity index (χ3v) is 4.00. The van der Waals surface area contributed by atoms with Crippen molar-refractivity contribution in [2.45, 2.75) is 44.8 Å². The van der Waals surface area contributed by atoms with Gasteiger partial charge in [0.15, 0.2) is 11.5 Å². The van der Waals surface area contributed by atoms with Gasteiger partial charge in [-0.1, -0.05) is 18.5 Å². The number of benzene rings is 1. The number of ether oxygens (including phenoxy) is 2. The molecule has 0 saturated heterocycles. The molecule has 0 fully saturated rings. The van der Waals surface area contributed by atoms with Crippen molar-refractivity contribution in [1.29, 1.82) is 0 Å². The van der Waals surface area contributed by atoms with Crippen LogP contribution in [0.3, 0.4) is 0 Å². The highest BCUT2D eigenvalue weighted by Gasteiger charge is 2.23. The van der Waals surface area contributed by atoms with Crippen molar-refractivity contribution in [3.8, 4) is 11.5 Å². The van der Waals surface area contributed by atoms with Crippen molar-refractivity contribution in [2.75, 3.05) is 13.2 Å². The average Bonchev–Trinajstić information content (AvgIpc) is 2.43. The summed E-state index contributed by atoms with van der Waals surface area (Å²) >= 11 is 6.32. The molecule has 0 amide bonds. The molecule has 0 saturated carbocycles. The molecule has 1 aliphatic rings. The summed E-state index contributed by atoms with van der Waals surface area (Å²) in [5, 5.41) is 19.9. The lowest BCUT2D eigenvalue weighted by atomic mass is 9.89. The van der Waals surface area contributed by atoms with E-state index in [0.29, 0.717) is 36.2 Å². The number of hydrogen-bond acceptors (Lipinski definition) is 4. The Labute approximate surface area is 124 Å². The fourth-order valence-corrected chi connectivity index (χ4v) is 2.70. The Morgan fingerprint density at radius 2 is 1.80 bits per heavy atom. The molecular formula is C15H21ClO4. The maximum Gasteiger partial charge on any atom is 0.162 e. The highest BCUT2D eigenvalue weighted by atomic mass is 35.5. The largest absolute Gasteiger partial charge is 0.486 e. The first-order valence-electron chi connectivity index (χ1n) is 6.98. The summed E-state index contributed by atoms with van der Waals surface area (Å²) in [4.78, 5) is 0. The smallest absolute Gasteiger partial charge is 0.162 e. The molecular weight excluding hydrogens is 280 g/mol. The number of fused-ring (bicyclic) bond motifs is 1. The van der Waals surface area contributed by atoms with Gasteiger partial charge in [-0.3, -0.25) is 0 Å². The van der Waals surface area contributed by atoms with E-state index in [1.54, 1.807) is 13.0 Å². The van der Waals surface area contributed by atoms with E-state index in [1.165, 1.54) is 0 Å². The average molecular weight is 301 g/mol. The molecule has 0 radical (unpaired) electrons. The first-order chi connectivity index (χ1) is 9.52. The second kappa shape index (κ2) is 6.66. The van der Waals surface area contributed by atoms with Crippen molar-refractivity contribution < 1.29 is 19.7 Å². The zero-order chi connectivity index (χ0) is 14.7. The van der Waals surface area contributed by atoms with Crippen molar-refractivity contribution in [3.05, 3.63) is 22.7 Å². The minimum atomic E-state index is -0.760. The van der Waals surface area contributed by atoms with Crippen LogP contribution in [0.4, 0.5) is 0 Å². The van der Waals surface area contributed by atoms with E-state index in [-0.39, 0.29) is 5.92 Å². The first kappa shape index (κ1) is 15.4. The molecule has 0 bridgehead atoms. The maximum absolute atomic E-state index is 9.87. The molecule has 1 heterocycles. The van der Waals surface area contributed by atoms with Crippen LogP contribution in [0, 0.1) is 0 Å². The Bertz CT molecular complexity index is 461. The summed E-state index contributed by atoms with van der Waals surface area (Å²) in [7, 11) is 0. The van der Waals surface area contributed by atoms with Crippen LogP contribution < -0.4 is 9.47 Å². The number of halogens is 1. The molecule has 3 atom stereocenters. The molecule has 2 N–H and O–H groups in total. The van der Waals surface area contributed by atoms with Crippen LogP contribution in [0.2, 0.25) is 5.02 Å². The summed E-state index contributed by atoms with van der Waals surface area (Å²) in [6.07, 6.45) is -0.222. The second-order valence-corrected chi connectivity index (χ2v) is 5.57. The lowest BCUT2D eigenvalue weighted by Gasteiger charge is -2.25. The summed E-state index contributed by atoms with van der Waals surface area (Å²) in [6, 6.07) is 3.66. The Balaban J connectivity index is 2.25. The predicted octanol–water partition coefficient (Wildman–Crippen LogP) is 2.74. The van der Waals surface area contributed by atoms with Crippen LogP contribution in [0.15, 0.2) is 12.1 Å². The quantitative estimate of drug-likeness (QED) is 0.878. The van der Waals surface area contributed by atoms with E-state index >= 15 is 0 Å². The number of aliphatic hydroxyl groups excluding tert-OH is 2. The fraction of sp³-hybridized carbons (Fsp3) is 0.600. The van der Waals surface area contributed by atoms with Crippen LogP contribution in [0.1, 0.15) is 38.2 Å². The molecule has 1 aromatic rings. The summed E-state index contributed by atoms with van der Waals surface area (Å²) < 4.78 is 11.1. The molecule has 0 aliphatic carbocycles. The Kier molecular flexibility index (Phi) is 5.13. The fourth-order valence-electron chi connectivity index (χ4n) is 2.39. The Morgan fingerprint density at radius 3 is 2.35 bits per heavy atom. The van der Waals surface area contributed by atoms with Crippen LogP contribution in [0.25, 0.3) is 0 Å². The zero-order valence-electron chi connectivity index (χ0n) is 11.8. The van der Waals surface area contributed by atoms with Gasteiger partial charge in [0.25, 0.3) is 0 Å². The Hall–Kier alpha value is -0.970. The van der Waals surface area contributed by atoms with Crippen molar-refractivity contribution in [3.63, 3.8) is 0 Å².